The fourth-order valence-electron chi connectivity index (χ4n) is 2.21. The first-order valence-electron chi connectivity index (χ1n) is 7.29. The highest BCUT2D eigenvalue weighted by Crippen LogP contribution is 2.23. The van der Waals surface area contributed by atoms with Crippen LogP contribution in [0.1, 0.15) is 25.0 Å². The number of halogens is 1. The topological polar surface area (TPSA) is 15.3 Å². The van der Waals surface area contributed by atoms with E-state index in [-0.39, 0.29) is 11.9 Å². The van der Waals surface area contributed by atoms with Crippen LogP contribution in [-0.4, -0.2) is 13.1 Å². The van der Waals surface area contributed by atoms with Crippen molar-refractivity contribution in [2.45, 2.75) is 33.4 Å². The Morgan fingerprint density at radius 1 is 1.14 bits per heavy atom. The van der Waals surface area contributed by atoms with Gasteiger partial charge < -0.3 is 10.2 Å². The summed E-state index contributed by atoms with van der Waals surface area (Å²) in [5, 5.41) is 3.27. The molecule has 0 aliphatic heterocycles. The van der Waals surface area contributed by atoms with Crippen LogP contribution in [0.4, 0.5) is 15.8 Å². The highest BCUT2D eigenvalue weighted by Gasteiger charge is 2.10. The number of anilines is 2. The second-order valence-corrected chi connectivity index (χ2v) is 5.71. The summed E-state index contributed by atoms with van der Waals surface area (Å²) in [6.07, 6.45) is 0. The van der Waals surface area contributed by atoms with Crippen molar-refractivity contribution in [2.24, 2.45) is 0 Å². The Hall–Kier alpha value is -2.03. The van der Waals surface area contributed by atoms with Gasteiger partial charge in [0.05, 0.1) is 5.69 Å². The van der Waals surface area contributed by atoms with Gasteiger partial charge in [0.1, 0.15) is 5.82 Å². The van der Waals surface area contributed by atoms with Crippen molar-refractivity contribution in [3.8, 4) is 0 Å². The number of benzene rings is 2. The van der Waals surface area contributed by atoms with Gasteiger partial charge in [-0.05, 0) is 44.5 Å². The van der Waals surface area contributed by atoms with Crippen molar-refractivity contribution < 1.29 is 4.39 Å². The van der Waals surface area contributed by atoms with E-state index in [0.717, 1.165) is 5.69 Å². The Morgan fingerprint density at radius 2 is 1.90 bits per heavy atom. The van der Waals surface area contributed by atoms with Crippen LogP contribution in [0, 0.1) is 12.7 Å². The summed E-state index contributed by atoms with van der Waals surface area (Å²) < 4.78 is 14.2. The summed E-state index contributed by atoms with van der Waals surface area (Å²) >= 11 is 0. The van der Waals surface area contributed by atoms with E-state index in [9.17, 15) is 4.39 Å². The van der Waals surface area contributed by atoms with Gasteiger partial charge in [0, 0.05) is 25.3 Å². The van der Waals surface area contributed by atoms with Crippen LogP contribution in [-0.2, 0) is 6.54 Å². The van der Waals surface area contributed by atoms with Crippen LogP contribution < -0.4 is 10.2 Å². The van der Waals surface area contributed by atoms with E-state index in [1.807, 2.05) is 44.0 Å². The van der Waals surface area contributed by atoms with Crippen LogP contribution in [0.5, 0.6) is 0 Å². The van der Waals surface area contributed by atoms with Crippen molar-refractivity contribution >= 4 is 11.4 Å². The summed E-state index contributed by atoms with van der Waals surface area (Å²) in [7, 11) is 1.91. The Morgan fingerprint density at radius 3 is 2.52 bits per heavy atom. The smallest absolute Gasteiger partial charge is 0.148 e. The molecular weight excluding hydrogens is 263 g/mol. The lowest BCUT2D eigenvalue weighted by Crippen LogP contribution is -2.26. The molecular formula is C18H23FN2. The molecule has 1 N–H and O–H groups in total. The predicted octanol–water partition coefficient (Wildman–Crippen LogP) is 4.59. The molecule has 3 heteroatoms. The molecule has 112 valence electrons. The van der Waals surface area contributed by atoms with Crippen LogP contribution >= 0.6 is 0 Å². The highest BCUT2D eigenvalue weighted by atomic mass is 19.1. The van der Waals surface area contributed by atoms with Crippen LogP contribution in [0.2, 0.25) is 0 Å². The fourth-order valence-corrected chi connectivity index (χ4v) is 2.21. The molecule has 0 saturated heterocycles. The van der Waals surface area contributed by atoms with Crippen LogP contribution in [0.15, 0.2) is 42.5 Å². The predicted molar refractivity (Wildman–Crippen MR) is 88.4 cm³/mol. The Kier molecular flexibility index (Phi) is 4.84. The van der Waals surface area contributed by atoms with E-state index >= 15 is 0 Å². The maximum absolute atomic E-state index is 14.2. The van der Waals surface area contributed by atoms with Crippen molar-refractivity contribution in [3.63, 3.8) is 0 Å². The lowest BCUT2D eigenvalue weighted by Gasteiger charge is -2.24. The van der Waals surface area contributed by atoms with E-state index in [1.54, 1.807) is 6.07 Å². The minimum atomic E-state index is -0.194. The third-order valence-electron chi connectivity index (χ3n) is 3.68. The molecule has 2 aromatic carbocycles. The normalized spacial score (nSPS) is 10.8. The molecule has 2 rings (SSSR count). The van der Waals surface area contributed by atoms with E-state index in [4.69, 9.17) is 0 Å². The highest BCUT2D eigenvalue weighted by molar-refractivity contribution is 5.56. The number of aryl methyl sites for hydroxylation is 1. The first-order chi connectivity index (χ1) is 9.97. The molecule has 0 aliphatic rings. The third-order valence-corrected chi connectivity index (χ3v) is 3.68. The quantitative estimate of drug-likeness (QED) is 0.864. The minimum Gasteiger partial charge on any atom is -0.381 e. The maximum Gasteiger partial charge on any atom is 0.148 e. The zero-order valence-corrected chi connectivity index (χ0v) is 13.2. The van der Waals surface area contributed by atoms with Gasteiger partial charge in [0.2, 0.25) is 0 Å². The van der Waals surface area contributed by atoms with E-state index in [2.05, 4.69) is 30.4 Å². The number of nitrogens with zero attached hydrogens (tertiary/aromatic N) is 1. The summed E-state index contributed by atoms with van der Waals surface area (Å²) in [5.41, 5.74) is 3.86. The second kappa shape index (κ2) is 6.61. The summed E-state index contributed by atoms with van der Waals surface area (Å²) in [5.74, 6) is -0.194. The average molecular weight is 286 g/mol. The summed E-state index contributed by atoms with van der Waals surface area (Å²) in [4.78, 5) is 1.93. The molecule has 0 radical (unpaired) electrons. The van der Waals surface area contributed by atoms with Gasteiger partial charge in [0.15, 0.2) is 0 Å². The molecule has 0 bridgehead atoms. The molecule has 0 spiro atoms. The van der Waals surface area contributed by atoms with Crippen LogP contribution in [0.25, 0.3) is 0 Å². The van der Waals surface area contributed by atoms with E-state index in [1.165, 1.54) is 11.1 Å². The van der Waals surface area contributed by atoms with Crippen molar-refractivity contribution in [3.05, 3.63) is 59.4 Å². The minimum absolute atomic E-state index is 0.194. The Bertz CT molecular complexity index is 608. The SMILES string of the molecule is Cc1cccc(CNc2ccc(N(C)C(C)C)c(F)c2)c1. The first-order valence-corrected chi connectivity index (χ1v) is 7.29. The molecule has 0 unspecified atom stereocenters. The van der Waals surface area contributed by atoms with E-state index < -0.39 is 0 Å². The van der Waals surface area contributed by atoms with Gasteiger partial charge in [-0.15, -0.1) is 0 Å². The van der Waals surface area contributed by atoms with Gasteiger partial charge in [-0.3, -0.25) is 0 Å². The molecule has 0 atom stereocenters. The largest absolute Gasteiger partial charge is 0.381 e. The van der Waals surface area contributed by atoms with Crippen molar-refractivity contribution in [1.82, 2.24) is 0 Å². The lowest BCUT2D eigenvalue weighted by atomic mass is 10.1. The van der Waals surface area contributed by atoms with E-state index in [0.29, 0.717) is 12.2 Å². The Balaban J connectivity index is 2.07. The Labute approximate surface area is 126 Å². The molecule has 0 aromatic heterocycles. The van der Waals surface area contributed by atoms with Gasteiger partial charge in [-0.1, -0.05) is 29.8 Å². The zero-order valence-electron chi connectivity index (χ0n) is 13.2. The average Bonchev–Trinajstić information content (AvgIpc) is 2.44. The second-order valence-electron chi connectivity index (χ2n) is 5.71. The monoisotopic (exact) mass is 286 g/mol. The van der Waals surface area contributed by atoms with Gasteiger partial charge in [0.25, 0.3) is 0 Å². The summed E-state index contributed by atoms with van der Waals surface area (Å²) in [6, 6.07) is 13.9. The molecule has 0 heterocycles. The molecule has 21 heavy (non-hydrogen) atoms. The van der Waals surface area contributed by atoms with Crippen molar-refractivity contribution in [1.29, 1.82) is 0 Å². The van der Waals surface area contributed by atoms with Crippen molar-refractivity contribution in [2.75, 3.05) is 17.3 Å². The first kappa shape index (κ1) is 15.4. The molecule has 2 nitrogen and oxygen atoms in total. The van der Waals surface area contributed by atoms with Gasteiger partial charge >= 0.3 is 0 Å². The number of nitrogens with one attached hydrogen (secondary N) is 1. The molecule has 0 fully saturated rings. The third kappa shape index (κ3) is 3.97. The van der Waals surface area contributed by atoms with Crippen LogP contribution in [0.3, 0.4) is 0 Å². The summed E-state index contributed by atoms with van der Waals surface area (Å²) in [6.45, 7) is 6.85. The number of hydrogen-bond acceptors (Lipinski definition) is 2. The lowest BCUT2D eigenvalue weighted by molar-refractivity contribution is 0.614. The van der Waals surface area contributed by atoms with Gasteiger partial charge in [-0.2, -0.15) is 0 Å². The number of rotatable bonds is 5. The molecule has 2 aromatic rings. The zero-order chi connectivity index (χ0) is 15.4. The van der Waals surface area contributed by atoms with Gasteiger partial charge in [-0.25, -0.2) is 4.39 Å². The number of hydrogen-bond donors (Lipinski definition) is 1. The standard InChI is InChI=1S/C18H23FN2/c1-13(2)21(4)18-9-8-16(11-17(18)19)20-12-15-7-5-6-14(3)10-15/h5-11,13,20H,12H2,1-4H3. The molecule has 0 saturated carbocycles. The molecule has 0 amide bonds. The maximum atomic E-state index is 14.2. The fraction of sp³-hybridized carbons (Fsp3) is 0.333. The molecule has 0 aliphatic carbocycles.